The summed E-state index contributed by atoms with van der Waals surface area (Å²) in [6, 6.07) is 11.7. The molecule has 1 saturated carbocycles. The number of hydrogen-bond acceptors (Lipinski definition) is 6. The number of rotatable bonds is 3. The van der Waals surface area contributed by atoms with Crippen LogP contribution in [0.25, 0.3) is 0 Å². The van der Waals surface area contributed by atoms with Gasteiger partial charge >= 0.3 is 0 Å². The Morgan fingerprint density at radius 1 is 1.22 bits per heavy atom. The zero-order valence-corrected chi connectivity index (χ0v) is 15.7. The third kappa shape index (κ3) is 3.53. The highest BCUT2D eigenvalue weighted by atomic mass is 16.5. The molecule has 1 aliphatic carbocycles. The SMILES string of the molecule is C[C@@H]1CN(c2cccc(C3(O)CC(c4ccnc(C#N)c4)C3)n2)C[C@H](C)O1. The molecule has 2 aliphatic rings. The summed E-state index contributed by atoms with van der Waals surface area (Å²) in [6.45, 7) is 5.74. The van der Waals surface area contributed by atoms with Crippen LogP contribution in [0.1, 0.15) is 49.6 Å². The highest BCUT2D eigenvalue weighted by Gasteiger charge is 2.46. The molecule has 1 aliphatic heterocycles. The molecule has 0 bridgehead atoms. The Bertz CT molecular complexity index is 862. The van der Waals surface area contributed by atoms with Crippen LogP contribution in [0.5, 0.6) is 0 Å². The topological polar surface area (TPSA) is 82.3 Å². The minimum absolute atomic E-state index is 0.163. The molecule has 0 aromatic carbocycles. The lowest BCUT2D eigenvalue weighted by atomic mass is 9.66. The fraction of sp³-hybridized carbons (Fsp3) is 0.476. The summed E-state index contributed by atoms with van der Waals surface area (Å²) >= 11 is 0. The molecule has 0 amide bonds. The predicted molar refractivity (Wildman–Crippen MR) is 101 cm³/mol. The fourth-order valence-corrected chi connectivity index (χ4v) is 4.19. The van der Waals surface area contributed by atoms with Crippen molar-refractivity contribution in [3.63, 3.8) is 0 Å². The fourth-order valence-electron chi connectivity index (χ4n) is 4.19. The predicted octanol–water partition coefficient (Wildman–Crippen LogP) is 2.73. The first kappa shape index (κ1) is 17.9. The van der Waals surface area contributed by atoms with E-state index in [0.717, 1.165) is 30.2 Å². The van der Waals surface area contributed by atoms with E-state index in [1.807, 2.05) is 30.3 Å². The average Bonchev–Trinajstić information content (AvgIpc) is 2.65. The number of aliphatic hydroxyl groups is 1. The molecule has 27 heavy (non-hydrogen) atoms. The molecule has 2 aromatic heterocycles. The molecule has 140 valence electrons. The molecule has 4 rings (SSSR count). The van der Waals surface area contributed by atoms with Crippen LogP contribution in [-0.2, 0) is 10.3 Å². The first-order valence-electron chi connectivity index (χ1n) is 9.43. The Balaban J connectivity index is 1.50. The summed E-state index contributed by atoms with van der Waals surface area (Å²) in [4.78, 5) is 11.0. The van der Waals surface area contributed by atoms with Crippen LogP contribution in [-0.4, -0.2) is 40.4 Å². The molecule has 6 nitrogen and oxygen atoms in total. The maximum Gasteiger partial charge on any atom is 0.140 e. The maximum atomic E-state index is 11.1. The van der Waals surface area contributed by atoms with Crippen LogP contribution in [0.4, 0.5) is 5.82 Å². The molecule has 2 fully saturated rings. The van der Waals surface area contributed by atoms with Crippen LogP contribution in [0.2, 0.25) is 0 Å². The molecular formula is C21H24N4O2. The number of aromatic nitrogens is 2. The smallest absolute Gasteiger partial charge is 0.140 e. The van der Waals surface area contributed by atoms with Gasteiger partial charge in [-0.25, -0.2) is 9.97 Å². The van der Waals surface area contributed by atoms with Gasteiger partial charge in [-0.2, -0.15) is 5.26 Å². The molecule has 0 radical (unpaired) electrons. The van der Waals surface area contributed by atoms with E-state index in [4.69, 9.17) is 15.0 Å². The Morgan fingerprint density at radius 3 is 2.67 bits per heavy atom. The standard InChI is InChI=1S/C21H24N4O2/c1-14-12-25(13-15(2)27-14)20-5-3-4-19(24-20)21(26)9-17(10-21)16-6-7-23-18(8-16)11-22/h3-8,14-15,17,26H,9-10,12-13H2,1-2H3/t14-,15+,17?,21?. The quantitative estimate of drug-likeness (QED) is 0.902. The molecule has 3 heterocycles. The van der Waals surface area contributed by atoms with Crippen molar-refractivity contribution in [2.75, 3.05) is 18.0 Å². The molecule has 1 N–H and O–H groups in total. The van der Waals surface area contributed by atoms with E-state index >= 15 is 0 Å². The lowest BCUT2D eigenvalue weighted by Crippen LogP contribution is -2.46. The van der Waals surface area contributed by atoms with Crippen LogP contribution in [0, 0.1) is 11.3 Å². The van der Waals surface area contributed by atoms with Crippen LogP contribution in [0.3, 0.4) is 0 Å². The zero-order chi connectivity index (χ0) is 19.0. The van der Waals surface area contributed by atoms with Gasteiger partial charge in [-0.3, -0.25) is 0 Å². The number of nitrogens with zero attached hydrogens (tertiary/aromatic N) is 4. The summed E-state index contributed by atoms with van der Waals surface area (Å²) in [5.41, 5.74) is 1.27. The van der Waals surface area contributed by atoms with Gasteiger partial charge in [0.25, 0.3) is 0 Å². The maximum absolute atomic E-state index is 11.1. The Labute approximate surface area is 159 Å². The van der Waals surface area contributed by atoms with Crippen molar-refractivity contribution < 1.29 is 9.84 Å². The largest absolute Gasteiger partial charge is 0.384 e. The lowest BCUT2D eigenvalue weighted by molar-refractivity contribution is -0.0586. The van der Waals surface area contributed by atoms with Crippen molar-refractivity contribution in [3.8, 4) is 6.07 Å². The second-order valence-electron chi connectivity index (χ2n) is 7.77. The highest BCUT2D eigenvalue weighted by Crippen LogP contribution is 2.50. The zero-order valence-electron chi connectivity index (χ0n) is 15.7. The number of pyridine rings is 2. The van der Waals surface area contributed by atoms with Crippen LogP contribution < -0.4 is 4.90 Å². The number of morpholine rings is 1. The summed E-state index contributed by atoms with van der Waals surface area (Å²) in [7, 11) is 0. The van der Waals surface area contributed by atoms with E-state index < -0.39 is 5.60 Å². The minimum atomic E-state index is -0.916. The molecule has 0 unspecified atom stereocenters. The molecule has 2 atom stereocenters. The van der Waals surface area contributed by atoms with E-state index in [-0.39, 0.29) is 18.1 Å². The van der Waals surface area contributed by atoms with Gasteiger partial charge in [0.1, 0.15) is 23.2 Å². The second kappa shape index (κ2) is 6.91. The van der Waals surface area contributed by atoms with Gasteiger partial charge in [0.05, 0.1) is 17.9 Å². The van der Waals surface area contributed by atoms with E-state index in [1.54, 1.807) is 6.20 Å². The van der Waals surface area contributed by atoms with E-state index in [0.29, 0.717) is 18.5 Å². The van der Waals surface area contributed by atoms with Gasteiger partial charge in [-0.15, -0.1) is 0 Å². The van der Waals surface area contributed by atoms with Crippen molar-refractivity contribution in [1.29, 1.82) is 5.26 Å². The third-order valence-corrected chi connectivity index (χ3v) is 5.49. The molecular weight excluding hydrogens is 340 g/mol. The number of hydrogen-bond donors (Lipinski definition) is 1. The van der Waals surface area contributed by atoms with Gasteiger partial charge in [0.15, 0.2) is 0 Å². The lowest BCUT2D eigenvalue weighted by Gasteiger charge is -2.44. The van der Waals surface area contributed by atoms with E-state index in [1.165, 1.54) is 0 Å². The van der Waals surface area contributed by atoms with Crippen molar-refractivity contribution in [2.45, 2.75) is 50.4 Å². The van der Waals surface area contributed by atoms with Crippen molar-refractivity contribution in [1.82, 2.24) is 9.97 Å². The van der Waals surface area contributed by atoms with Gasteiger partial charge in [0, 0.05) is 19.3 Å². The normalized spacial score (nSPS) is 30.4. The van der Waals surface area contributed by atoms with Crippen LogP contribution in [0.15, 0.2) is 36.5 Å². The van der Waals surface area contributed by atoms with Gasteiger partial charge in [0.2, 0.25) is 0 Å². The minimum Gasteiger partial charge on any atom is -0.384 e. The molecule has 2 aromatic rings. The number of anilines is 1. The first-order chi connectivity index (χ1) is 13.0. The van der Waals surface area contributed by atoms with Crippen molar-refractivity contribution >= 4 is 5.82 Å². The highest BCUT2D eigenvalue weighted by molar-refractivity contribution is 5.42. The van der Waals surface area contributed by atoms with Crippen molar-refractivity contribution in [2.24, 2.45) is 0 Å². The van der Waals surface area contributed by atoms with Gasteiger partial charge in [-0.1, -0.05) is 6.07 Å². The van der Waals surface area contributed by atoms with E-state index in [2.05, 4.69) is 29.8 Å². The Morgan fingerprint density at radius 2 is 1.96 bits per heavy atom. The monoisotopic (exact) mass is 364 g/mol. The second-order valence-corrected chi connectivity index (χ2v) is 7.77. The average molecular weight is 364 g/mol. The van der Waals surface area contributed by atoms with E-state index in [9.17, 15) is 5.11 Å². The summed E-state index contributed by atoms with van der Waals surface area (Å²) < 4.78 is 5.80. The van der Waals surface area contributed by atoms with Gasteiger partial charge in [-0.05, 0) is 62.4 Å². The van der Waals surface area contributed by atoms with Gasteiger partial charge < -0.3 is 14.7 Å². The van der Waals surface area contributed by atoms with Crippen molar-refractivity contribution in [3.05, 3.63) is 53.5 Å². The summed E-state index contributed by atoms with van der Waals surface area (Å²) in [5.74, 6) is 1.11. The number of ether oxygens (including phenoxy) is 1. The molecule has 0 spiro atoms. The third-order valence-electron chi connectivity index (χ3n) is 5.49. The Hall–Kier alpha value is -2.49. The number of nitriles is 1. The van der Waals surface area contributed by atoms with Crippen LogP contribution >= 0.6 is 0 Å². The molecule has 6 heteroatoms. The Kier molecular flexibility index (Phi) is 4.58. The molecule has 1 saturated heterocycles. The first-order valence-corrected chi connectivity index (χ1v) is 9.43. The summed E-state index contributed by atoms with van der Waals surface area (Å²) in [6.07, 6.45) is 3.20. The summed E-state index contributed by atoms with van der Waals surface area (Å²) in [5, 5.41) is 20.1.